The Balaban J connectivity index is 3.81. The maximum atomic E-state index is 10.8. The molecular formula is C7H15NO2. The van der Waals surface area contributed by atoms with Gasteiger partial charge >= 0.3 is 5.97 Å². The predicted octanol–water partition coefficient (Wildman–Crippen LogP) is 1.09. The molecule has 10 heavy (non-hydrogen) atoms. The molecule has 0 bridgehead atoms. The van der Waals surface area contributed by atoms with Gasteiger partial charge in [-0.2, -0.15) is 5.90 Å². The minimum Gasteiger partial charge on any atom is -0.373 e. The van der Waals surface area contributed by atoms with Crippen molar-refractivity contribution in [1.29, 1.82) is 0 Å². The molecule has 3 nitrogen and oxygen atoms in total. The Morgan fingerprint density at radius 1 is 1.60 bits per heavy atom. The van der Waals surface area contributed by atoms with Gasteiger partial charge in [-0.1, -0.05) is 27.2 Å². The molecule has 0 aliphatic carbocycles. The highest BCUT2D eigenvalue weighted by Crippen LogP contribution is 2.14. The first-order valence-corrected chi connectivity index (χ1v) is 3.54. The largest absolute Gasteiger partial charge is 0.373 e. The highest BCUT2D eigenvalue weighted by atomic mass is 16.7. The van der Waals surface area contributed by atoms with Gasteiger partial charge in [0, 0.05) is 0 Å². The van der Waals surface area contributed by atoms with Crippen LogP contribution in [0.1, 0.15) is 27.2 Å². The molecule has 0 aliphatic heterocycles. The smallest absolute Gasteiger partial charge is 0.327 e. The third-order valence-corrected chi connectivity index (χ3v) is 1.99. The molecule has 0 saturated heterocycles. The molecule has 0 aliphatic rings. The quantitative estimate of drug-likeness (QED) is 0.605. The lowest BCUT2D eigenvalue weighted by Crippen LogP contribution is -2.23. The number of carbonyl (C=O) groups excluding carboxylic acids is 1. The summed E-state index contributed by atoms with van der Waals surface area (Å²) in [4.78, 5) is 14.9. The van der Waals surface area contributed by atoms with Crippen molar-refractivity contribution < 1.29 is 9.63 Å². The van der Waals surface area contributed by atoms with Crippen molar-refractivity contribution in [3.63, 3.8) is 0 Å². The van der Waals surface area contributed by atoms with Crippen LogP contribution < -0.4 is 5.90 Å². The zero-order valence-electron chi connectivity index (χ0n) is 6.76. The first kappa shape index (κ1) is 9.43. The molecule has 3 heteroatoms. The SMILES string of the molecule is CCC(C)[C@H](C)C(=O)ON. The maximum Gasteiger partial charge on any atom is 0.327 e. The molecule has 0 spiro atoms. The summed E-state index contributed by atoms with van der Waals surface area (Å²) in [6, 6.07) is 0. The fourth-order valence-corrected chi connectivity index (χ4v) is 0.693. The summed E-state index contributed by atoms with van der Waals surface area (Å²) in [6.07, 6.45) is 0.969. The summed E-state index contributed by atoms with van der Waals surface area (Å²) >= 11 is 0. The second kappa shape index (κ2) is 4.28. The van der Waals surface area contributed by atoms with Gasteiger partial charge in [0.05, 0.1) is 5.92 Å². The van der Waals surface area contributed by atoms with E-state index in [-0.39, 0.29) is 11.9 Å². The van der Waals surface area contributed by atoms with E-state index in [1.165, 1.54) is 0 Å². The van der Waals surface area contributed by atoms with Crippen LogP contribution in [-0.2, 0) is 9.63 Å². The van der Waals surface area contributed by atoms with Gasteiger partial charge in [0.2, 0.25) is 0 Å². The summed E-state index contributed by atoms with van der Waals surface area (Å²) in [6.45, 7) is 5.86. The van der Waals surface area contributed by atoms with E-state index in [4.69, 9.17) is 5.90 Å². The van der Waals surface area contributed by atoms with E-state index < -0.39 is 0 Å². The van der Waals surface area contributed by atoms with E-state index >= 15 is 0 Å². The number of rotatable bonds is 3. The Kier molecular flexibility index (Phi) is 4.03. The molecule has 2 N–H and O–H groups in total. The average Bonchev–Trinajstić information content (AvgIpc) is 2.00. The van der Waals surface area contributed by atoms with Crippen LogP contribution in [0.3, 0.4) is 0 Å². The summed E-state index contributed by atoms with van der Waals surface area (Å²) < 4.78 is 0. The highest BCUT2D eigenvalue weighted by molar-refractivity contribution is 5.71. The van der Waals surface area contributed by atoms with Gasteiger partial charge in [-0.15, -0.1) is 0 Å². The van der Waals surface area contributed by atoms with Gasteiger partial charge in [-0.05, 0) is 5.92 Å². The Morgan fingerprint density at radius 2 is 2.10 bits per heavy atom. The standard InChI is InChI=1S/C7H15NO2/c1-4-5(2)6(3)7(9)10-8/h5-6H,4,8H2,1-3H3/t5?,6-/m0/s1. The highest BCUT2D eigenvalue weighted by Gasteiger charge is 2.19. The van der Waals surface area contributed by atoms with Crippen LogP contribution in [0.15, 0.2) is 0 Å². The third-order valence-electron chi connectivity index (χ3n) is 1.99. The molecule has 0 aromatic carbocycles. The molecule has 0 heterocycles. The zero-order chi connectivity index (χ0) is 8.15. The molecule has 60 valence electrons. The lowest BCUT2D eigenvalue weighted by molar-refractivity contribution is -0.150. The number of hydrogen-bond donors (Lipinski definition) is 1. The number of carbonyl (C=O) groups is 1. The summed E-state index contributed by atoms with van der Waals surface area (Å²) in [5.74, 6) is 4.65. The van der Waals surface area contributed by atoms with Crippen molar-refractivity contribution in [2.24, 2.45) is 17.7 Å². The molecular weight excluding hydrogens is 130 g/mol. The van der Waals surface area contributed by atoms with Gasteiger partial charge in [-0.25, -0.2) is 0 Å². The van der Waals surface area contributed by atoms with Gasteiger partial charge in [0.15, 0.2) is 0 Å². The molecule has 0 radical (unpaired) electrons. The van der Waals surface area contributed by atoms with Gasteiger partial charge in [-0.3, -0.25) is 4.79 Å². The van der Waals surface area contributed by atoms with Gasteiger partial charge in [0.1, 0.15) is 0 Å². The van der Waals surface area contributed by atoms with Crippen molar-refractivity contribution in [1.82, 2.24) is 0 Å². The fraction of sp³-hybridized carbons (Fsp3) is 0.857. The van der Waals surface area contributed by atoms with Crippen LogP contribution in [-0.4, -0.2) is 5.97 Å². The van der Waals surface area contributed by atoms with Crippen LogP contribution in [0.25, 0.3) is 0 Å². The van der Waals surface area contributed by atoms with Crippen LogP contribution in [0.4, 0.5) is 0 Å². The van der Waals surface area contributed by atoms with Crippen molar-refractivity contribution >= 4 is 5.97 Å². The van der Waals surface area contributed by atoms with Crippen LogP contribution in [0.5, 0.6) is 0 Å². The van der Waals surface area contributed by atoms with E-state index in [9.17, 15) is 4.79 Å². The molecule has 0 amide bonds. The maximum absolute atomic E-state index is 10.8. The Labute approximate surface area is 61.5 Å². The number of nitrogens with two attached hydrogens (primary N) is 1. The topological polar surface area (TPSA) is 52.3 Å². The molecule has 0 aromatic rings. The molecule has 0 rings (SSSR count). The second-order valence-corrected chi connectivity index (χ2v) is 2.61. The monoisotopic (exact) mass is 145 g/mol. The molecule has 0 fully saturated rings. The average molecular weight is 145 g/mol. The first-order valence-electron chi connectivity index (χ1n) is 3.54. The zero-order valence-corrected chi connectivity index (χ0v) is 6.76. The lowest BCUT2D eigenvalue weighted by atomic mass is 9.94. The van der Waals surface area contributed by atoms with Crippen LogP contribution in [0.2, 0.25) is 0 Å². The summed E-state index contributed by atoms with van der Waals surface area (Å²) in [5.41, 5.74) is 0. The van der Waals surface area contributed by atoms with Gasteiger partial charge < -0.3 is 4.84 Å². The van der Waals surface area contributed by atoms with Crippen molar-refractivity contribution in [2.45, 2.75) is 27.2 Å². The van der Waals surface area contributed by atoms with Crippen molar-refractivity contribution in [3.8, 4) is 0 Å². The molecule has 0 aromatic heterocycles. The fourth-order valence-electron chi connectivity index (χ4n) is 0.693. The van der Waals surface area contributed by atoms with Gasteiger partial charge in [0.25, 0.3) is 0 Å². The van der Waals surface area contributed by atoms with E-state index in [2.05, 4.69) is 4.84 Å². The van der Waals surface area contributed by atoms with E-state index in [1.54, 1.807) is 0 Å². The second-order valence-electron chi connectivity index (χ2n) is 2.61. The minimum atomic E-state index is -0.325. The van der Waals surface area contributed by atoms with Crippen molar-refractivity contribution in [3.05, 3.63) is 0 Å². The summed E-state index contributed by atoms with van der Waals surface area (Å²) in [5, 5.41) is 0. The molecule has 2 atom stereocenters. The minimum absolute atomic E-state index is 0.0880. The van der Waals surface area contributed by atoms with E-state index in [1.807, 2.05) is 20.8 Å². The summed E-state index contributed by atoms with van der Waals surface area (Å²) in [7, 11) is 0. The third kappa shape index (κ3) is 2.35. The van der Waals surface area contributed by atoms with Crippen molar-refractivity contribution in [2.75, 3.05) is 0 Å². The Bertz CT molecular complexity index is 114. The lowest BCUT2D eigenvalue weighted by Gasteiger charge is -2.14. The van der Waals surface area contributed by atoms with Crippen LogP contribution in [0, 0.1) is 11.8 Å². The molecule has 1 unspecified atom stereocenters. The Hall–Kier alpha value is -0.570. The molecule has 0 saturated carbocycles. The number of hydrogen-bond acceptors (Lipinski definition) is 3. The normalized spacial score (nSPS) is 16.0. The van der Waals surface area contributed by atoms with E-state index in [0.717, 1.165) is 6.42 Å². The van der Waals surface area contributed by atoms with Crippen LogP contribution >= 0.6 is 0 Å². The van der Waals surface area contributed by atoms with E-state index in [0.29, 0.717) is 5.92 Å². The Morgan fingerprint density at radius 3 is 2.40 bits per heavy atom. The predicted molar refractivity (Wildman–Crippen MR) is 38.9 cm³/mol. The first-order chi connectivity index (χ1) is 4.63.